The second kappa shape index (κ2) is 6.78. The molecule has 2 aromatic rings. The van der Waals surface area contributed by atoms with Gasteiger partial charge in [-0.25, -0.2) is 4.98 Å². The smallest absolute Gasteiger partial charge is 0.261 e. The van der Waals surface area contributed by atoms with Crippen molar-refractivity contribution in [1.82, 2.24) is 15.2 Å². The van der Waals surface area contributed by atoms with Gasteiger partial charge in [-0.15, -0.1) is 22.7 Å². The normalized spacial score (nSPS) is 28.9. The Bertz CT molecular complexity index is 731. The summed E-state index contributed by atoms with van der Waals surface area (Å²) < 4.78 is 2.32. The Kier molecular flexibility index (Phi) is 4.68. The zero-order chi connectivity index (χ0) is 16.7. The number of hydrogen-bond acceptors (Lipinski definition) is 6. The molecule has 0 saturated carbocycles. The van der Waals surface area contributed by atoms with Gasteiger partial charge in [0.1, 0.15) is 0 Å². The zero-order valence-corrected chi connectivity index (χ0v) is 16.3. The molecule has 5 rings (SSSR count). The number of aryl methyl sites for hydroxylation is 1. The molecule has 1 amide bonds. The summed E-state index contributed by atoms with van der Waals surface area (Å²) >= 11 is 4.95. The number of nitrogens with one attached hydrogen (secondary N) is 1. The van der Waals surface area contributed by atoms with Crippen LogP contribution in [0.15, 0.2) is 26.7 Å². The third-order valence-electron chi connectivity index (χ3n) is 5.08. The first kappa shape index (κ1) is 16.6. The first-order valence-electron chi connectivity index (χ1n) is 8.35. The van der Waals surface area contributed by atoms with Crippen LogP contribution in [0.4, 0.5) is 0 Å². The van der Waals surface area contributed by atoms with E-state index in [0.717, 1.165) is 14.1 Å². The van der Waals surface area contributed by atoms with Crippen LogP contribution in [0.1, 0.15) is 34.4 Å². The van der Waals surface area contributed by atoms with Gasteiger partial charge in [-0.05, 0) is 57.8 Å². The Morgan fingerprint density at radius 1 is 1.29 bits per heavy atom. The molecule has 0 radical (unpaired) electrons. The fourth-order valence-electron chi connectivity index (χ4n) is 3.75. The Labute approximate surface area is 154 Å². The van der Waals surface area contributed by atoms with E-state index in [1.54, 1.807) is 34.4 Å². The number of hydrogen-bond donors (Lipinski definition) is 1. The summed E-state index contributed by atoms with van der Waals surface area (Å²) in [4.78, 5) is 20.3. The van der Waals surface area contributed by atoms with E-state index in [4.69, 9.17) is 0 Å². The van der Waals surface area contributed by atoms with E-state index in [9.17, 15) is 4.79 Å². The van der Waals surface area contributed by atoms with Crippen molar-refractivity contribution >= 4 is 40.3 Å². The first-order valence-corrected chi connectivity index (χ1v) is 10.8. The molecular weight excluding hydrogens is 358 g/mol. The van der Waals surface area contributed by atoms with Gasteiger partial charge in [0.15, 0.2) is 0 Å². The van der Waals surface area contributed by atoms with Crippen molar-refractivity contribution in [3.8, 4) is 0 Å². The van der Waals surface area contributed by atoms with Crippen molar-refractivity contribution in [2.75, 3.05) is 13.1 Å². The number of nitrogens with zero attached hydrogens (tertiary/aromatic N) is 2. The Morgan fingerprint density at radius 2 is 2.08 bits per heavy atom. The highest BCUT2D eigenvalue weighted by atomic mass is 32.2. The molecule has 0 aromatic carbocycles. The van der Waals surface area contributed by atoms with Gasteiger partial charge >= 0.3 is 0 Å². The molecule has 0 aliphatic carbocycles. The van der Waals surface area contributed by atoms with Crippen LogP contribution in [0.5, 0.6) is 0 Å². The molecule has 1 N–H and O–H groups in total. The van der Waals surface area contributed by atoms with E-state index in [-0.39, 0.29) is 5.91 Å². The number of piperidine rings is 3. The maximum Gasteiger partial charge on any atom is 0.261 e. The third kappa shape index (κ3) is 3.27. The molecule has 4 nitrogen and oxygen atoms in total. The number of rotatable bonds is 4. The number of carbonyl (C=O) groups is 1. The van der Waals surface area contributed by atoms with Crippen LogP contribution in [-0.2, 0) is 0 Å². The average Bonchev–Trinajstić information content (AvgIpc) is 3.21. The van der Waals surface area contributed by atoms with Gasteiger partial charge in [-0.3, -0.25) is 9.69 Å². The summed E-state index contributed by atoms with van der Waals surface area (Å²) in [5.74, 6) is 0.723. The van der Waals surface area contributed by atoms with E-state index in [1.807, 2.05) is 25.3 Å². The summed E-state index contributed by atoms with van der Waals surface area (Å²) in [6.45, 7) is 6.63. The first-order chi connectivity index (χ1) is 11.6. The summed E-state index contributed by atoms with van der Waals surface area (Å²) in [7, 11) is 0. The van der Waals surface area contributed by atoms with Crippen LogP contribution < -0.4 is 5.32 Å². The van der Waals surface area contributed by atoms with Crippen LogP contribution in [0.3, 0.4) is 0 Å². The van der Waals surface area contributed by atoms with Crippen molar-refractivity contribution in [3.05, 3.63) is 28.2 Å². The van der Waals surface area contributed by atoms with E-state index >= 15 is 0 Å². The van der Waals surface area contributed by atoms with Gasteiger partial charge < -0.3 is 5.32 Å². The quantitative estimate of drug-likeness (QED) is 0.876. The molecule has 3 aliphatic rings. The van der Waals surface area contributed by atoms with Gasteiger partial charge in [-0.2, -0.15) is 0 Å². The number of amides is 1. The van der Waals surface area contributed by atoms with E-state index in [1.165, 1.54) is 30.1 Å². The summed E-state index contributed by atoms with van der Waals surface area (Å²) in [5.41, 5.74) is 0. The molecule has 3 saturated heterocycles. The Balaban J connectivity index is 1.41. The molecule has 0 spiro atoms. The molecule has 128 valence electrons. The molecule has 2 atom stereocenters. The second-order valence-corrected chi connectivity index (χ2v) is 10.5. The summed E-state index contributed by atoms with van der Waals surface area (Å²) in [6, 6.07) is 4.74. The van der Waals surface area contributed by atoms with Crippen LogP contribution >= 0.6 is 34.4 Å². The van der Waals surface area contributed by atoms with E-state index < -0.39 is 0 Å². The number of carbonyl (C=O) groups excluding carboxylic acids is 1. The Hall–Kier alpha value is -0.890. The van der Waals surface area contributed by atoms with Gasteiger partial charge in [0, 0.05) is 12.1 Å². The van der Waals surface area contributed by atoms with Crippen LogP contribution in [0, 0.1) is 12.8 Å². The summed E-state index contributed by atoms with van der Waals surface area (Å²) in [5, 5.41) is 4.38. The summed E-state index contributed by atoms with van der Waals surface area (Å²) in [6.07, 6.45) is 4.33. The van der Waals surface area contributed by atoms with Crippen molar-refractivity contribution in [1.29, 1.82) is 0 Å². The number of thiophene rings is 1. The van der Waals surface area contributed by atoms with Gasteiger partial charge in [-0.1, -0.05) is 11.8 Å². The molecule has 2 aromatic heterocycles. The fraction of sp³-hybridized carbons (Fsp3) is 0.529. The third-order valence-corrected chi connectivity index (χ3v) is 8.31. The highest BCUT2D eigenvalue weighted by molar-refractivity contribution is 8.02. The second-order valence-electron chi connectivity index (χ2n) is 6.53. The molecule has 0 unspecified atom stereocenters. The molecule has 7 heteroatoms. The predicted octanol–water partition coefficient (Wildman–Crippen LogP) is 3.88. The maximum atomic E-state index is 12.7. The van der Waals surface area contributed by atoms with Crippen molar-refractivity contribution < 1.29 is 4.79 Å². The molecule has 2 bridgehead atoms. The van der Waals surface area contributed by atoms with Crippen LogP contribution in [0.2, 0.25) is 0 Å². The standard InChI is InChI=1S/C17H21N3OS3/c1-10-16(12-5-7-20(10)8-6-12)19-17(21)13-3-4-14(23-13)24-15-9-18-11(2)22-15/h3-4,9-10,12,16H,5-8H2,1-2H3,(H,19,21)/t10-,16-/m0/s1. The zero-order valence-electron chi connectivity index (χ0n) is 13.8. The highest BCUT2D eigenvalue weighted by Crippen LogP contribution is 2.37. The van der Waals surface area contributed by atoms with Gasteiger partial charge in [0.2, 0.25) is 0 Å². The molecular formula is C17H21N3OS3. The van der Waals surface area contributed by atoms with Crippen molar-refractivity contribution in [3.63, 3.8) is 0 Å². The molecule has 3 aliphatic heterocycles. The van der Waals surface area contributed by atoms with Crippen molar-refractivity contribution in [2.24, 2.45) is 5.92 Å². The lowest BCUT2D eigenvalue weighted by molar-refractivity contribution is 0.0218. The number of thiazole rings is 1. The monoisotopic (exact) mass is 379 g/mol. The molecule has 24 heavy (non-hydrogen) atoms. The SMILES string of the molecule is Cc1ncc(Sc2ccc(C(=O)N[C@@H]3C4CCN(CC4)[C@H]3C)s2)s1. The van der Waals surface area contributed by atoms with E-state index in [2.05, 4.69) is 22.1 Å². The molecule has 5 heterocycles. The van der Waals surface area contributed by atoms with Gasteiger partial charge in [0.05, 0.1) is 24.5 Å². The van der Waals surface area contributed by atoms with E-state index in [0.29, 0.717) is 18.0 Å². The minimum Gasteiger partial charge on any atom is -0.347 e. The lowest BCUT2D eigenvalue weighted by Crippen LogP contribution is -2.62. The topological polar surface area (TPSA) is 45.2 Å². The number of aromatic nitrogens is 1. The lowest BCUT2D eigenvalue weighted by atomic mass is 9.79. The largest absolute Gasteiger partial charge is 0.347 e. The lowest BCUT2D eigenvalue weighted by Gasteiger charge is -2.49. The predicted molar refractivity (Wildman–Crippen MR) is 100 cm³/mol. The van der Waals surface area contributed by atoms with Crippen molar-refractivity contribution in [2.45, 2.75) is 47.2 Å². The van der Waals surface area contributed by atoms with Crippen LogP contribution in [0.25, 0.3) is 0 Å². The van der Waals surface area contributed by atoms with Crippen LogP contribution in [-0.4, -0.2) is 41.0 Å². The molecule has 3 fully saturated rings. The minimum atomic E-state index is 0.0814. The average molecular weight is 380 g/mol. The Morgan fingerprint density at radius 3 is 2.75 bits per heavy atom. The highest BCUT2D eigenvalue weighted by Gasteiger charge is 2.40. The minimum absolute atomic E-state index is 0.0814. The maximum absolute atomic E-state index is 12.7. The fourth-order valence-corrected chi connectivity index (χ4v) is 7.00. The van der Waals surface area contributed by atoms with Gasteiger partial charge in [0.25, 0.3) is 5.91 Å². The number of fused-ring (bicyclic) bond motifs is 3.